The van der Waals surface area contributed by atoms with E-state index in [4.69, 9.17) is 15.2 Å². The number of aliphatic hydroxyl groups excluding tert-OH is 3. The Morgan fingerprint density at radius 2 is 1.84 bits per heavy atom. The number of likely N-dealkylation sites (tertiary alicyclic amines) is 1. The number of aliphatic hydroxyl groups is 3. The Kier molecular flexibility index (Phi) is 6.40. The number of piperidine rings is 1. The fourth-order valence-electron chi connectivity index (χ4n) is 3.37. The highest BCUT2D eigenvalue weighted by atomic mass is 16.7. The second kappa shape index (κ2) is 8.55. The van der Waals surface area contributed by atoms with Gasteiger partial charge in [-0.2, -0.15) is 0 Å². The quantitative estimate of drug-likeness (QED) is 0.571. The van der Waals surface area contributed by atoms with Crippen molar-refractivity contribution in [3.8, 4) is 0 Å². The highest BCUT2D eigenvalue weighted by Crippen LogP contribution is 2.28. The van der Waals surface area contributed by atoms with E-state index < -0.39 is 30.7 Å². The van der Waals surface area contributed by atoms with Gasteiger partial charge in [-0.3, -0.25) is 0 Å². The predicted octanol–water partition coefficient (Wildman–Crippen LogP) is -0.394. The minimum absolute atomic E-state index is 0.0482. The predicted molar refractivity (Wildman–Crippen MR) is 91.7 cm³/mol. The first-order valence-electron chi connectivity index (χ1n) is 8.88. The van der Waals surface area contributed by atoms with Crippen molar-refractivity contribution in [3.63, 3.8) is 0 Å². The molecule has 0 radical (unpaired) electrons. The summed E-state index contributed by atoms with van der Waals surface area (Å²) in [6.07, 6.45) is -2.99. The Balaban J connectivity index is 1.58. The summed E-state index contributed by atoms with van der Waals surface area (Å²) in [6, 6.07) is 9.56. The Labute approximate surface area is 148 Å². The van der Waals surface area contributed by atoms with Crippen LogP contribution in [0.25, 0.3) is 0 Å². The molecule has 3 rings (SSSR count). The SMILES string of the molecule is NC1CCN(CC(O)C(O)[C@@H]2OC(c3ccccc3)OC[C@H]2O)CC1. The van der Waals surface area contributed by atoms with E-state index in [9.17, 15) is 15.3 Å². The summed E-state index contributed by atoms with van der Waals surface area (Å²) in [5.74, 6) is 0. The summed E-state index contributed by atoms with van der Waals surface area (Å²) >= 11 is 0. The van der Waals surface area contributed by atoms with Gasteiger partial charge in [0.15, 0.2) is 6.29 Å². The third-order valence-electron chi connectivity index (χ3n) is 4.96. The number of hydrogen-bond donors (Lipinski definition) is 4. The second-order valence-corrected chi connectivity index (χ2v) is 6.94. The van der Waals surface area contributed by atoms with Gasteiger partial charge in [0, 0.05) is 18.2 Å². The Morgan fingerprint density at radius 1 is 1.16 bits per heavy atom. The van der Waals surface area contributed by atoms with Crippen molar-refractivity contribution in [2.45, 2.75) is 49.6 Å². The molecular formula is C18H28N2O5. The maximum atomic E-state index is 10.5. The van der Waals surface area contributed by atoms with Crippen LogP contribution in [0.1, 0.15) is 24.7 Å². The van der Waals surface area contributed by atoms with E-state index in [1.165, 1.54) is 0 Å². The largest absolute Gasteiger partial charge is 0.389 e. The molecule has 0 spiro atoms. The van der Waals surface area contributed by atoms with Gasteiger partial charge in [-0.25, -0.2) is 0 Å². The first-order valence-corrected chi connectivity index (χ1v) is 8.88. The molecule has 2 fully saturated rings. The molecule has 2 aliphatic rings. The third kappa shape index (κ3) is 4.77. The van der Waals surface area contributed by atoms with Crippen LogP contribution in [0.4, 0.5) is 0 Å². The maximum absolute atomic E-state index is 10.5. The molecule has 7 nitrogen and oxygen atoms in total. The number of hydrogen-bond acceptors (Lipinski definition) is 7. The van der Waals surface area contributed by atoms with Gasteiger partial charge in [0.2, 0.25) is 0 Å². The lowest BCUT2D eigenvalue weighted by Crippen LogP contribution is -2.54. The average Bonchev–Trinajstić information content (AvgIpc) is 2.64. The summed E-state index contributed by atoms with van der Waals surface area (Å²) in [7, 11) is 0. The van der Waals surface area contributed by atoms with Gasteiger partial charge in [-0.05, 0) is 25.9 Å². The number of β-amino-alcohol motifs (C(OH)–C–C–N with tert-alkyl or cyclic N) is 1. The van der Waals surface area contributed by atoms with Crippen LogP contribution in [0.2, 0.25) is 0 Å². The van der Waals surface area contributed by atoms with Gasteiger partial charge >= 0.3 is 0 Å². The van der Waals surface area contributed by atoms with Crippen LogP contribution in [-0.2, 0) is 9.47 Å². The molecule has 0 amide bonds. The molecule has 0 saturated carbocycles. The average molecular weight is 352 g/mol. The molecule has 2 heterocycles. The summed E-state index contributed by atoms with van der Waals surface area (Å²) in [4.78, 5) is 2.08. The number of benzene rings is 1. The molecule has 1 aromatic rings. The highest BCUT2D eigenvalue weighted by molar-refractivity contribution is 5.16. The molecule has 5 atom stereocenters. The van der Waals surface area contributed by atoms with E-state index in [2.05, 4.69) is 4.90 Å². The first-order chi connectivity index (χ1) is 12.0. The monoisotopic (exact) mass is 352 g/mol. The standard InChI is InChI=1S/C18H28N2O5/c19-13-6-8-20(9-7-13)10-14(21)16(23)17-15(22)11-24-18(25-17)12-4-2-1-3-5-12/h1-5,13-18,21-23H,6-11,19H2/t14?,15-,16?,17-,18?/m1/s1. The number of rotatable bonds is 5. The lowest BCUT2D eigenvalue weighted by molar-refractivity contribution is -0.283. The van der Waals surface area contributed by atoms with Crippen LogP contribution in [0, 0.1) is 0 Å². The molecule has 1 aromatic carbocycles. The van der Waals surface area contributed by atoms with Crippen LogP contribution >= 0.6 is 0 Å². The van der Waals surface area contributed by atoms with Crippen LogP contribution in [0.3, 0.4) is 0 Å². The minimum Gasteiger partial charge on any atom is -0.389 e. The fraction of sp³-hybridized carbons (Fsp3) is 0.667. The number of nitrogens with two attached hydrogens (primary N) is 1. The van der Waals surface area contributed by atoms with E-state index in [0.29, 0.717) is 6.54 Å². The van der Waals surface area contributed by atoms with E-state index in [1.807, 2.05) is 30.3 Å². The van der Waals surface area contributed by atoms with Crippen molar-refractivity contribution in [1.82, 2.24) is 4.90 Å². The van der Waals surface area contributed by atoms with Crippen LogP contribution in [0.5, 0.6) is 0 Å². The lowest BCUT2D eigenvalue weighted by Gasteiger charge is -2.39. The van der Waals surface area contributed by atoms with Gasteiger partial charge < -0.3 is 35.4 Å². The Bertz CT molecular complexity index is 523. The summed E-state index contributed by atoms with van der Waals surface area (Å²) in [6.45, 7) is 1.98. The first kappa shape index (κ1) is 18.7. The van der Waals surface area contributed by atoms with E-state index >= 15 is 0 Å². The molecule has 7 heteroatoms. The molecule has 3 unspecified atom stereocenters. The smallest absolute Gasteiger partial charge is 0.184 e. The summed E-state index contributed by atoms with van der Waals surface area (Å²) < 4.78 is 11.3. The van der Waals surface area contributed by atoms with Crippen molar-refractivity contribution >= 4 is 0 Å². The van der Waals surface area contributed by atoms with E-state index in [1.54, 1.807) is 0 Å². The molecule has 140 valence electrons. The van der Waals surface area contributed by atoms with Gasteiger partial charge in [-0.15, -0.1) is 0 Å². The Morgan fingerprint density at radius 3 is 2.52 bits per heavy atom. The van der Waals surface area contributed by atoms with Gasteiger partial charge in [-0.1, -0.05) is 30.3 Å². The van der Waals surface area contributed by atoms with Crippen LogP contribution < -0.4 is 5.73 Å². The molecule has 0 aromatic heterocycles. The fourth-order valence-corrected chi connectivity index (χ4v) is 3.37. The van der Waals surface area contributed by atoms with Crippen LogP contribution in [-0.4, -0.2) is 76.9 Å². The summed E-state index contributed by atoms with van der Waals surface area (Å²) in [5.41, 5.74) is 6.70. The molecule has 0 aliphatic carbocycles. The molecule has 2 aliphatic heterocycles. The molecular weight excluding hydrogens is 324 g/mol. The molecule has 25 heavy (non-hydrogen) atoms. The second-order valence-electron chi connectivity index (χ2n) is 6.94. The van der Waals surface area contributed by atoms with Crippen molar-refractivity contribution < 1.29 is 24.8 Å². The lowest BCUT2D eigenvalue weighted by atomic mass is 10.00. The zero-order valence-electron chi connectivity index (χ0n) is 14.3. The zero-order valence-corrected chi connectivity index (χ0v) is 14.3. The molecule has 5 N–H and O–H groups in total. The van der Waals surface area contributed by atoms with Gasteiger partial charge in [0.1, 0.15) is 18.3 Å². The number of ether oxygens (including phenoxy) is 2. The Hall–Kier alpha value is -1.06. The highest BCUT2D eigenvalue weighted by Gasteiger charge is 2.39. The van der Waals surface area contributed by atoms with Crippen molar-refractivity contribution in [3.05, 3.63) is 35.9 Å². The molecule has 2 saturated heterocycles. The minimum atomic E-state index is -1.19. The van der Waals surface area contributed by atoms with Crippen molar-refractivity contribution in [2.24, 2.45) is 5.73 Å². The molecule has 0 bridgehead atoms. The topological polar surface area (TPSA) is 108 Å². The van der Waals surface area contributed by atoms with Gasteiger partial charge in [0.25, 0.3) is 0 Å². The third-order valence-corrected chi connectivity index (χ3v) is 4.96. The number of nitrogens with zero attached hydrogens (tertiary/aromatic N) is 1. The normalized spacial score (nSPS) is 31.6. The van der Waals surface area contributed by atoms with E-state index in [0.717, 1.165) is 31.5 Å². The zero-order chi connectivity index (χ0) is 17.8. The van der Waals surface area contributed by atoms with Crippen molar-refractivity contribution in [1.29, 1.82) is 0 Å². The van der Waals surface area contributed by atoms with Gasteiger partial charge in [0.05, 0.1) is 12.7 Å². The summed E-state index contributed by atoms with van der Waals surface area (Å²) in [5, 5.41) is 31.1. The van der Waals surface area contributed by atoms with Crippen LogP contribution in [0.15, 0.2) is 30.3 Å². The maximum Gasteiger partial charge on any atom is 0.184 e. The van der Waals surface area contributed by atoms with Crippen molar-refractivity contribution in [2.75, 3.05) is 26.2 Å². The van der Waals surface area contributed by atoms with E-state index in [-0.39, 0.29) is 12.6 Å².